The summed E-state index contributed by atoms with van der Waals surface area (Å²) >= 11 is 1.68. The number of hydrogen-bond donors (Lipinski definition) is 0. The first-order chi connectivity index (χ1) is 12.7. The summed E-state index contributed by atoms with van der Waals surface area (Å²) in [6.07, 6.45) is 10.3. The molecule has 1 aliphatic carbocycles. The van der Waals surface area contributed by atoms with Gasteiger partial charge in [-0.25, -0.2) is 0 Å². The van der Waals surface area contributed by atoms with Crippen molar-refractivity contribution in [3.05, 3.63) is 45.5 Å². The molecule has 0 radical (unpaired) electrons. The van der Waals surface area contributed by atoms with E-state index in [1.807, 2.05) is 4.90 Å². The van der Waals surface area contributed by atoms with Gasteiger partial charge < -0.3 is 14.2 Å². The minimum Gasteiger partial charge on any atom is -0.472 e. The lowest BCUT2D eigenvalue weighted by atomic mass is 10.00. The Morgan fingerprint density at radius 3 is 2.31 bits per heavy atom. The van der Waals surface area contributed by atoms with Crippen LogP contribution < -0.4 is 0 Å². The summed E-state index contributed by atoms with van der Waals surface area (Å²) in [4.78, 5) is 31.2. The third-order valence-electron chi connectivity index (χ3n) is 5.33. The predicted octanol–water partition coefficient (Wildman–Crippen LogP) is 3.60. The molecule has 1 fully saturated rings. The summed E-state index contributed by atoms with van der Waals surface area (Å²) in [5.74, 6) is 0.0992. The van der Waals surface area contributed by atoms with Gasteiger partial charge in [-0.3, -0.25) is 9.59 Å². The SMILES string of the molecule is O=C(c1ccoc1)N1CCN(C(=O)c2cc3c(s2)CCCCCC3)CC1. The van der Waals surface area contributed by atoms with Crippen molar-refractivity contribution in [1.29, 1.82) is 0 Å². The topological polar surface area (TPSA) is 53.8 Å². The highest BCUT2D eigenvalue weighted by molar-refractivity contribution is 7.14. The maximum atomic E-state index is 12.9. The zero-order valence-electron chi connectivity index (χ0n) is 14.9. The second-order valence-electron chi connectivity index (χ2n) is 7.07. The van der Waals surface area contributed by atoms with Gasteiger partial charge in [-0.1, -0.05) is 12.8 Å². The quantitative estimate of drug-likeness (QED) is 0.809. The van der Waals surface area contributed by atoms with Crippen molar-refractivity contribution in [1.82, 2.24) is 9.80 Å². The van der Waals surface area contributed by atoms with Gasteiger partial charge in [-0.2, -0.15) is 0 Å². The second-order valence-corrected chi connectivity index (χ2v) is 8.21. The summed E-state index contributed by atoms with van der Waals surface area (Å²) < 4.78 is 4.99. The molecule has 0 bridgehead atoms. The number of carbonyl (C=O) groups is 2. The Kier molecular flexibility index (Phi) is 5.11. The number of nitrogens with zero attached hydrogens (tertiary/aromatic N) is 2. The molecule has 2 aromatic rings. The Labute approximate surface area is 157 Å². The summed E-state index contributed by atoms with van der Waals surface area (Å²) in [5.41, 5.74) is 1.95. The van der Waals surface area contributed by atoms with Crippen LogP contribution in [0.3, 0.4) is 0 Å². The number of hydrogen-bond acceptors (Lipinski definition) is 4. The molecule has 4 rings (SSSR count). The molecule has 1 aliphatic heterocycles. The number of amides is 2. The summed E-state index contributed by atoms with van der Waals surface area (Å²) in [7, 11) is 0. The van der Waals surface area contributed by atoms with Crippen molar-refractivity contribution in [2.75, 3.05) is 26.2 Å². The van der Waals surface area contributed by atoms with Gasteiger partial charge >= 0.3 is 0 Å². The molecule has 0 atom stereocenters. The average molecular weight is 372 g/mol. The van der Waals surface area contributed by atoms with Crippen LogP contribution in [0.25, 0.3) is 0 Å². The Hall–Kier alpha value is -2.08. The fourth-order valence-electron chi connectivity index (χ4n) is 3.79. The number of fused-ring (bicyclic) bond motifs is 1. The number of rotatable bonds is 2. The van der Waals surface area contributed by atoms with E-state index < -0.39 is 0 Å². The molecule has 1 saturated heterocycles. The minimum atomic E-state index is -0.0232. The fourth-order valence-corrected chi connectivity index (χ4v) is 5.01. The van der Waals surface area contributed by atoms with Crippen molar-refractivity contribution in [2.45, 2.75) is 38.5 Å². The van der Waals surface area contributed by atoms with Crippen molar-refractivity contribution >= 4 is 23.2 Å². The first kappa shape index (κ1) is 17.3. The van der Waals surface area contributed by atoms with Crippen molar-refractivity contribution in [3.63, 3.8) is 0 Å². The minimum absolute atomic E-state index is 0.0232. The van der Waals surface area contributed by atoms with Gasteiger partial charge in [0.2, 0.25) is 0 Å². The molecular formula is C20H24N2O3S. The lowest BCUT2D eigenvalue weighted by Crippen LogP contribution is -2.50. The van der Waals surface area contributed by atoms with Crippen molar-refractivity contribution < 1.29 is 14.0 Å². The molecule has 6 heteroatoms. The molecule has 0 spiro atoms. The second kappa shape index (κ2) is 7.66. The van der Waals surface area contributed by atoms with Crippen molar-refractivity contribution in [2.24, 2.45) is 0 Å². The maximum absolute atomic E-state index is 12.9. The van der Waals surface area contributed by atoms with Crippen LogP contribution in [0.5, 0.6) is 0 Å². The van der Waals surface area contributed by atoms with Crippen LogP contribution in [0.15, 0.2) is 29.1 Å². The highest BCUT2D eigenvalue weighted by Gasteiger charge is 2.27. The number of furan rings is 1. The third kappa shape index (κ3) is 3.56. The van der Waals surface area contributed by atoms with E-state index >= 15 is 0 Å². The van der Waals surface area contributed by atoms with Gasteiger partial charge in [0.05, 0.1) is 16.7 Å². The summed E-state index contributed by atoms with van der Waals surface area (Å²) in [6.45, 7) is 2.32. The predicted molar refractivity (Wildman–Crippen MR) is 101 cm³/mol. The zero-order chi connectivity index (χ0) is 17.9. The van der Waals surface area contributed by atoms with E-state index in [2.05, 4.69) is 6.07 Å². The van der Waals surface area contributed by atoms with E-state index in [1.54, 1.807) is 22.3 Å². The molecule has 0 unspecified atom stereocenters. The molecule has 2 aromatic heterocycles. The van der Waals surface area contributed by atoms with Gasteiger partial charge in [-0.05, 0) is 43.4 Å². The van der Waals surface area contributed by atoms with Crippen LogP contribution in [0.4, 0.5) is 0 Å². The molecule has 0 aromatic carbocycles. The van der Waals surface area contributed by atoms with Gasteiger partial charge in [0, 0.05) is 31.1 Å². The monoisotopic (exact) mass is 372 g/mol. The highest BCUT2D eigenvalue weighted by atomic mass is 32.1. The molecule has 0 N–H and O–H groups in total. The maximum Gasteiger partial charge on any atom is 0.264 e. The molecule has 5 nitrogen and oxygen atoms in total. The van der Waals surface area contributed by atoms with E-state index in [-0.39, 0.29) is 11.8 Å². The van der Waals surface area contributed by atoms with Gasteiger partial charge in [0.1, 0.15) is 6.26 Å². The standard InChI is InChI=1S/C20H24N2O3S/c23-19(16-7-12-25-14-16)21-8-10-22(11-9-21)20(24)18-13-15-5-3-1-2-4-6-17(15)26-18/h7,12-14H,1-6,8-11H2. The first-order valence-electron chi connectivity index (χ1n) is 9.45. The Balaban J connectivity index is 1.39. The van der Waals surface area contributed by atoms with E-state index in [4.69, 9.17) is 4.42 Å². The number of thiophene rings is 1. The fraction of sp³-hybridized carbons (Fsp3) is 0.500. The lowest BCUT2D eigenvalue weighted by molar-refractivity contribution is 0.0537. The number of carbonyl (C=O) groups excluding carboxylic acids is 2. The first-order valence-corrected chi connectivity index (χ1v) is 10.3. The van der Waals surface area contributed by atoms with Gasteiger partial charge in [0.25, 0.3) is 11.8 Å². The van der Waals surface area contributed by atoms with E-state index in [9.17, 15) is 9.59 Å². The van der Waals surface area contributed by atoms with E-state index in [0.717, 1.165) is 17.7 Å². The molecular weight excluding hydrogens is 348 g/mol. The molecule has 2 aliphatic rings. The van der Waals surface area contributed by atoms with E-state index in [0.29, 0.717) is 31.7 Å². The summed E-state index contributed by atoms with van der Waals surface area (Å²) in [5, 5.41) is 0. The molecule has 138 valence electrons. The average Bonchev–Trinajstić information content (AvgIpc) is 3.31. The molecule has 3 heterocycles. The Morgan fingerprint density at radius 1 is 0.923 bits per heavy atom. The van der Waals surface area contributed by atoms with Gasteiger partial charge in [0.15, 0.2) is 0 Å². The lowest BCUT2D eigenvalue weighted by Gasteiger charge is -2.34. The normalized spacial score (nSPS) is 18.2. The van der Waals surface area contributed by atoms with Gasteiger partial charge in [-0.15, -0.1) is 11.3 Å². The van der Waals surface area contributed by atoms with Crippen LogP contribution in [-0.4, -0.2) is 47.8 Å². The highest BCUT2D eigenvalue weighted by Crippen LogP contribution is 2.29. The van der Waals surface area contributed by atoms with Crippen LogP contribution in [-0.2, 0) is 12.8 Å². The van der Waals surface area contributed by atoms with Crippen LogP contribution >= 0.6 is 11.3 Å². The smallest absolute Gasteiger partial charge is 0.264 e. The Bertz CT molecular complexity index is 748. The largest absolute Gasteiger partial charge is 0.472 e. The zero-order valence-corrected chi connectivity index (χ0v) is 15.7. The molecule has 2 amide bonds. The van der Waals surface area contributed by atoms with Crippen molar-refractivity contribution in [3.8, 4) is 0 Å². The number of aryl methyl sites for hydroxylation is 2. The van der Waals surface area contributed by atoms with Crippen LogP contribution in [0.1, 0.15) is 56.2 Å². The van der Waals surface area contributed by atoms with Crippen LogP contribution in [0.2, 0.25) is 0 Å². The Morgan fingerprint density at radius 2 is 1.62 bits per heavy atom. The molecule has 26 heavy (non-hydrogen) atoms. The molecule has 0 saturated carbocycles. The van der Waals surface area contributed by atoms with Crippen LogP contribution in [0, 0.1) is 0 Å². The summed E-state index contributed by atoms with van der Waals surface area (Å²) in [6, 6.07) is 3.80. The third-order valence-corrected chi connectivity index (χ3v) is 6.55. The number of piperazine rings is 1. The van der Waals surface area contributed by atoms with E-state index in [1.165, 1.54) is 48.7 Å².